The van der Waals surface area contributed by atoms with Gasteiger partial charge in [0.25, 0.3) is 5.56 Å². The van der Waals surface area contributed by atoms with Crippen molar-refractivity contribution in [1.82, 2.24) is 29.5 Å². The number of carbonyl (C=O) groups is 1. The van der Waals surface area contributed by atoms with E-state index in [0.29, 0.717) is 17.1 Å². The molecule has 2 aliphatic rings. The van der Waals surface area contributed by atoms with Crippen LogP contribution in [-0.2, 0) is 18.4 Å². The fourth-order valence-electron chi connectivity index (χ4n) is 4.00. The molecule has 4 rings (SSSR count). The molecule has 0 saturated carbocycles. The number of aromatic nitrogens is 4. The first-order chi connectivity index (χ1) is 11.6. The molecular weight excluding hydrogens is 308 g/mol. The maximum Gasteiger partial charge on any atom is 0.264 e. The largest absolute Gasteiger partial charge is 0.350 e. The number of hydrogen-bond acceptors (Lipinski definition) is 5. The van der Waals surface area contributed by atoms with Gasteiger partial charge in [0.15, 0.2) is 5.65 Å². The van der Waals surface area contributed by atoms with Crippen molar-refractivity contribution in [3.63, 3.8) is 0 Å². The smallest absolute Gasteiger partial charge is 0.264 e. The summed E-state index contributed by atoms with van der Waals surface area (Å²) in [6.45, 7) is 2.19. The molecule has 8 heteroatoms. The highest BCUT2D eigenvalue weighted by Gasteiger charge is 2.36. The van der Waals surface area contributed by atoms with Gasteiger partial charge < -0.3 is 5.32 Å². The third kappa shape index (κ3) is 2.60. The predicted octanol–water partition coefficient (Wildman–Crippen LogP) is -0.127. The van der Waals surface area contributed by atoms with Crippen LogP contribution >= 0.6 is 0 Å². The van der Waals surface area contributed by atoms with Crippen LogP contribution in [-0.4, -0.2) is 55.3 Å². The molecule has 0 bridgehead atoms. The van der Waals surface area contributed by atoms with Crippen molar-refractivity contribution < 1.29 is 4.79 Å². The van der Waals surface area contributed by atoms with Gasteiger partial charge in [-0.1, -0.05) is 6.42 Å². The molecule has 1 N–H and O–H groups in total. The number of rotatable bonds is 3. The van der Waals surface area contributed by atoms with E-state index in [4.69, 9.17) is 0 Å². The Morgan fingerprint density at radius 2 is 2.21 bits per heavy atom. The summed E-state index contributed by atoms with van der Waals surface area (Å²) in [7, 11) is 1.74. The third-order valence-corrected chi connectivity index (χ3v) is 5.23. The molecule has 2 aromatic heterocycles. The number of fused-ring (bicyclic) bond motifs is 2. The summed E-state index contributed by atoms with van der Waals surface area (Å²) in [6.07, 6.45) is 7.54. The standard InChI is InChI=1S/C16H22N6O2/c1-20-15-11(8-18-20)16(24)22(10-17-15)9-14(23)19-12-5-7-21-6-3-2-4-13(12)21/h8,10,12-13H,2-7,9H2,1H3,(H,19,23)/t12-,13-/m0/s1. The second-order valence-electron chi connectivity index (χ2n) is 6.74. The van der Waals surface area contributed by atoms with Crippen molar-refractivity contribution in [2.24, 2.45) is 7.05 Å². The Morgan fingerprint density at radius 3 is 3.08 bits per heavy atom. The van der Waals surface area contributed by atoms with E-state index in [2.05, 4.69) is 20.3 Å². The second kappa shape index (κ2) is 6.01. The quantitative estimate of drug-likeness (QED) is 0.848. The summed E-state index contributed by atoms with van der Waals surface area (Å²) >= 11 is 0. The van der Waals surface area contributed by atoms with E-state index in [0.717, 1.165) is 25.9 Å². The van der Waals surface area contributed by atoms with Crippen LogP contribution in [0.2, 0.25) is 0 Å². The fraction of sp³-hybridized carbons (Fsp3) is 0.625. The summed E-state index contributed by atoms with van der Waals surface area (Å²) in [5, 5.41) is 7.60. The molecule has 0 unspecified atom stereocenters. The number of nitrogens with one attached hydrogen (secondary N) is 1. The van der Waals surface area contributed by atoms with Crippen LogP contribution in [0.5, 0.6) is 0 Å². The van der Waals surface area contributed by atoms with E-state index in [1.807, 2.05) is 0 Å². The van der Waals surface area contributed by atoms with Gasteiger partial charge in [-0.05, 0) is 25.8 Å². The van der Waals surface area contributed by atoms with Crippen LogP contribution in [0, 0.1) is 0 Å². The molecule has 2 saturated heterocycles. The van der Waals surface area contributed by atoms with E-state index in [-0.39, 0.29) is 24.1 Å². The van der Waals surface area contributed by atoms with E-state index in [9.17, 15) is 9.59 Å². The van der Waals surface area contributed by atoms with Gasteiger partial charge in [-0.25, -0.2) is 4.98 Å². The molecule has 1 amide bonds. The molecule has 4 heterocycles. The molecule has 24 heavy (non-hydrogen) atoms. The van der Waals surface area contributed by atoms with Crippen LogP contribution in [0.3, 0.4) is 0 Å². The zero-order valence-corrected chi connectivity index (χ0v) is 13.8. The number of hydrogen-bond donors (Lipinski definition) is 1. The Balaban J connectivity index is 1.46. The molecule has 0 aliphatic carbocycles. The molecule has 0 aromatic carbocycles. The van der Waals surface area contributed by atoms with Crippen LogP contribution in [0.15, 0.2) is 17.3 Å². The molecule has 2 fully saturated rings. The Labute approximate surface area is 139 Å². The van der Waals surface area contributed by atoms with Gasteiger partial charge >= 0.3 is 0 Å². The number of piperidine rings is 1. The molecule has 0 spiro atoms. The Bertz CT molecular complexity index is 826. The predicted molar refractivity (Wildman–Crippen MR) is 88.5 cm³/mol. The lowest BCUT2D eigenvalue weighted by atomic mass is 9.99. The molecule has 2 aliphatic heterocycles. The first-order valence-electron chi connectivity index (χ1n) is 8.54. The van der Waals surface area contributed by atoms with Crippen LogP contribution in [0.4, 0.5) is 0 Å². The molecular formula is C16H22N6O2. The van der Waals surface area contributed by atoms with Crippen molar-refractivity contribution in [3.05, 3.63) is 22.9 Å². The minimum Gasteiger partial charge on any atom is -0.350 e. The van der Waals surface area contributed by atoms with Gasteiger partial charge in [-0.2, -0.15) is 5.10 Å². The van der Waals surface area contributed by atoms with E-state index < -0.39 is 0 Å². The number of aryl methyl sites for hydroxylation is 1. The van der Waals surface area contributed by atoms with Gasteiger partial charge in [0.2, 0.25) is 5.91 Å². The minimum absolute atomic E-state index is 0.000111. The Morgan fingerprint density at radius 1 is 1.33 bits per heavy atom. The Hall–Kier alpha value is -2.22. The average Bonchev–Trinajstić information content (AvgIpc) is 3.15. The summed E-state index contributed by atoms with van der Waals surface area (Å²) < 4.78 is 2.91. The van der Waals surface area contributed by atoms with Gasteiger partial charge in [0.1, 0.15) is 18.3 Å². The first-order valence-corrected chi connectivity index (χ1v) is 8.54. The van der Waals surface area contributed by atoms with Crippen molar-refractivity contribution in [3.8, 4) is 0 Å². The van der Waals surface area contributed by atoms with Crippen molar-refractivity contribution in [2.75, 3.05) is 13.1 Å². The average molecular weight is 330 g/mol. The zero-order chi connectivity index (χ0) is 16.7. The summed E-state index contributed by atoms with van der Waals surface area (Å²) in [5.74, 6) is -0.125. The van der Waals surface area contributed by atoms with Crippen LogP contribution in [0.25, 0.3) is 11.0 Å². The normalized spacial score (nSPS) is 24.2. The molecule has 2 atom stereocenters. The SMILES string of the molecule is Cn1ncc2c(=O)n(CC(=O)N[C@H]3CCN4CCCC[C@@H]34)cnc21. The van der Waals surface area contributed by atoms with Gasteiger partial charge in [0.05, 0.1) is 6.20 Å². The minimum atomic E-state index is -0.228. The monoisotopic (exact) mass is 330 g/mol. The van der Waals surface area contributed by atoms with E-state index >= 15 is 0 Å². The number of nitrogens with zero attached hydrogens (tertiary/aromatic N) is 5. The lowest BCUT2D eigenvalue weighted by molar-refractivity contribution is -0.122. The zero-order valence-electron chi connectivity index (χ0n) is 13.8. The van der Waals surface area contributed by atoms with E-state index in [1.165, 1.54) is 29.9 Å². The lowest BCUT2D eigenvalue weighted by Gasteiger charge is -2.32. The summed E-state index contributed by atoms with van der Waals surface area (Å²) in [5.41, 5.74) is 0.305. The third-order valence-electron chi connectivity index (χ3n) is 5.23. The summed E-state index contributed by atoms with van der Waals surface area (Å²) in [6, 6.07) is 0.655. The molecule has 128 valence electrons. The number of amides is 1. The molecule has 8 nitrogen and oxygen atoms in total. The highest BCUT2D eigenvalue weighted by molar-refractivity contribution is 5.77. The first kappa shape index (κ1) is 15.3. The maximum atomic E-state index is 12.4. The highest BCUT2D eigenvalue weighted by Crippen LogP contribution is 2.27. The second-order valence-corrected chi connectivity index (χ2v) is 6.74. The number of carbonyl (C=O) groups excluding carboxylic acids is 1. The molecule has 0 radical (unpaired) electrons. The van der Waals surface area contributed by atoms with E-state index in [1.54, 1.807) is 11.7 Å². The van der Waals surface area contributed by atoms with Crippen LogP contribution in [0.1, 0.15) is 25.7 Å². The lowest BCUT2D eigenvalue weighted by Crippen LogP contribution is -2.48. The fourth-order valence-corrected chi connectivity index (χ4v) is 4.00. The van der Waals surface area contributed by atoms with Gasteiger partial charge in [0, 0.05) is 25.7 Å². The summed E-state index contributed by atoms with van der Waals surface area (Å²) in [4.78, 5) is 31.5. The van der Waals surface area contributed by atoms with Gasteiger partial charge in [-0.3, -0.25) is 23.7 Å². The molecule has 2 aromatic rings. The van der Waals surface area contributed by atoms with Crippen LogP contribution < -0.4 is 10.9 Å². The van der Waals surface area contributed by atoms with Crippen molar-refractivity contribution in [1.29, 1.82) is 0 Å². The topological polar surface area (TPSA) is 85.0 Å². The van der Waals surface area contributed by atoms with Crippen molar-refractivity contribution >= 4 is 16.9 Å². The highest BCUT2D eigenvalue weighted by atomic mass is 16.2. The van der Waals surface area contributed by atoms with Crippen molar-refractivity contribution in [2.45, 2.75) is 44.3 Å². The van der Waals surface area contributed by atoms with Gasteiger partial charge in [-0.15, -0.1) is 0 Å². The maximum absolute atomic E-state index is 12.4. The Kier molecular flexibility index (Phi) is 3.84.